The van der Waals surface area contributed by atoms with E-state index in [2.05, 4.69) is 5.32 Å². The summed E-state index contributed by atoms with van der Waals surface area (Å²) in [6, 6.07) is 14.5. The number of benzene rings is 2. The molecule has 1 aromatic heterocycles. The monoisotopic (exact) mass is 335 g/mol. The van der Waals surface area contributed by atoms with Crippen LogP contribution in [0.5, 0.6) is 5.75 Å². The summed E-state index contributed by atoms with van der Waals surface area (Å²) in [6.07, 6.45) is 0.643. The molecule has 1 aliphatic rings. The van der Waals surface area contributed by atoms with E-state index in [4.69, 9.17) is 9.15 Å². The maximum atomic E-state index is 12.6. The van der Waals surface area contributed by atoms with Crippen molar-refractivity contribution >= 4 is 22.6 Å². The number of aryl methyl sites for hydroxylation is 1. The first-order valence-electron chi connectivity index (χ1n) is 8.16. The largest absolute Gasteiger partial charge is 0.492 e. The summed E-state index contributed by atoms with van der Waals surface area (Å²) < 4.78 is 10.9. The number of nitrogens with one attached hydrogen (secondary N) is 1. The Bertz CT molecular complexity index is 1020. The summed E-state index contributed by atoms with van der Waals surface area (Å²) in [7, 11) is 0. The summed E-state index contributed by atoms with van der Waals surface area (Å²) >= 11 is 0. The summed E-state index contributed by atoms with van der Waals surface area (Å²) in [5.41, 5.74) is 2.55. The van der Waals surface area contributed by atoms with E-state index in [0.717, 1.165) is 22.3 Å². The van der Waals surface area contributed by atoms with Crippen LogP contribution in [0.15, 0.2) is 57.7 Å². The molecule has 126 valence electrons. The Hall–Kier alpha value is -3.08. The molecule has 2 aromatic carbocycles. The Morgan fingerprint density at radius 2 is 2.00 bits per heavy atom. The molecule has 4 rings (SSSR count). The number of hydrogen-bond acceptors (Lipinski definition) is 4. The maximum absolute atomic E-state index is 12.6. The SMILES string of the molecule is Cc1cc(=O)oc2cc(NC(=O)[C@@H]3COc4ccccc4C3)ccc12. The topological polar surface area (TPSA) is 68.5 Å². The van der Waals surface area contributed by atoms with Crippen molar-refractivity contribution in [2.45, 2.75) is 13.3 Å². The van der Waals surface area contributed by atoms with Gasteiger partial charge in [0.1, 0.15) is 17.9 Å². The van der Waals surface area contributed by atoms with Crippen molar-refractivity contribution in [1.82, 2.24) is 0 Å². The van der Waals surface area contributed by atoms with Crippen LogP contribution in [0.4, 0.5) is 5.69 Å². The van der Waals surface area contributed by atoms with Crippen LogP contribution in [0, 0.1) is 12.8 Å². The van der Waals surface area contributed by atoms with Crippen molar-refractivity contribution in [2.24, 2.45) is 5.92 Å². The van der Waals surface area contributed by atoms with Gasteiger partial charge < -0.3 is 14.5 Å². The minimum absolute atomic E-state index is 0.108. The first kappa shape index (κ1) is 15.4. The van der Waals surface area contributed by atoms with E-state index in [-0.39, 0.29) is 11.8 Å². The molecule has 1 aliphatic heterocycles. The molecule has 5 nitrogen and oxygen atoms in total. The Morgan fingerprint density at radius 3 is 2.88 bits per heavy atom. The first-order valence-corrected chi connectivity index (χ1v) is 8.16. The van der Waals surface area contributed by atoms with Crippen LogP contribution in [0.1, 0.15) is 11.1 Å². The lowest BCUT2D eigenvalue weighted by atomic mass is 9.96. The van der Waals surface area contributed by atoms with Crippen LogP contribution in [-0.4, -0.2) is 12.5 Å². The van der Waals surface area contributed by atoms with Gasteiger partial charge in [-0.2, -0.15) is 0 Å². The van der Waals surface area contributed by atoms with Crippen LogP contribution >= 0.6 is 0 Å². The number of para-hydroxylation sites is 1. The lowest BCUT2D eigenvalue weighted by Gasteiger charge is -2.24. The number of carbonyl (C=O) groups excluding carboxylic acids is 1. The third-order valence-corrected chi connectivity index (χ3v) is 4.47. The minimum Gasteiger partial charge on any atom is -0.492 e. The van der Waals surface area contributed by atoms with Crippen molar-refractivity contribution in [3.8, 4) is 5.75 Å². The fraction of sp³-hybridized carbons (Fsp3) is 0.200. The molecular weight excluding hydrogens is 318 g/mol. The van der Waals surface area contributed by atoms with E-state index in [1.165, 1.54) is 6.07 Å². The van der Waals surface area contributed by atoms with E-state index in [0.29, 0.717) is 24.3 Å². The average molecular weight is 335 g/mol. The van der Waals surface area contributed by atoms with Gasteiger partial charge in [0, 0.05) is 23.2 Å². The zero-order chi connectivity index (χ0) is 17.4. The van der Waals surface area contributed by atoms with Gasteiger partial charge in [-0.15, -0.1) is 0 Å². The summed E-state index contributed by atoms with van der Waals surface area (Å²) in [6.45, 7) is 2.21. The molecule has 1 amide bonds. The standard InChI is InChI=1S/C20H17NO4/c1-12-8-19(22)25-18-10-15(6-7-16(12)18)21-20(23)14-9-13-4-2-3-5-17(13)24-11-14/h2-8,10,14H,9,11H2,1H3,(H,21,23)/t14-/m0/s1. The minimum atomic E-state index is -0.397. The normalized spacial score (nSPS) is 16.1. The Balaban J connectivity index is 1.55. The second-order valence-corrected chi connectivity index (χ2v) is 6.27. The predicted molar refractivity (Wildman–Crippen MR) is 95.0 cm³/mol. The summed E-state index contributed by atoms with van der Waals surface area (Å²) in [4.78, 5) is 24.1. The van der Waals surface area contributed by atoms with E-state index in [1.54, 1.807) is 6.07 Å². The molecule has 0 radical (unpaired) electrons. The Morgan fingerprint density at radius 1 is 1.16 bits per heavy atom. The van der Waals surface area contributed by atoms with Crippen LogP contribution in [0.2, 0.25) is 0 Å². The van der Waals surface area contributed by atoms with Gasteiger partial charge in [-0.1, -0.05) is 18.2 Å². The van der Waals surface area contributed by atoms with E-state index < -0.39 is 5.63 Å². The molecule has 0 aliphatic carbocycles. The van der Waals surface area contributed by atoms with Crippen molar-refractivity contribution in [1.29, 1.82) is 0 Å². The molecule has 3 aromatic rings. The second kappa shape index (κ2) is 6.09. The molecular formula is C20H17NO4. The molecule has 0 bridgehead atoms. The van der Waals surface area contributed by atoms with Crippen molar-refractivity contribution < 1.29 is 13.9 Å². The average Bonchev–Trinajstić information content (AvgIpc) is 2.60. The highest BCUT2D eigenvalue weighted by Crippen LogP contribution is 2.28. The Kier molecular flexibility index (Phi) is 3.76. The summed E-state index contributed by atoms with van der Waals surface area (Å²) in [5.74, 6) is 0.480. The molecule has 0 spiro atoms. The quantitative estimate of drug-likeness (QED) is 0.730. The van der Waals surface area contributed by atoms with Crippen LogP contribution in [-0.2, 0) is 11.2 Å². The highest BCUT2D eigenvalue weighted by molar-refractivity contribution is 5.95. The molecule has 0 fully saturated rings. The molecule has 25 heavy (non-hydrogen) atoms. The van der Waals surface area contributed by atoms with E-state index >= 15 is 0 Å². The fourth-order valence-electron chi connectivity index (χ4n) is 3.14. The lowest BCUT2D eigenvalue weighted by molar-refractivity contribution is -0.121. The zero-order valence-corrected chi connectivity index (χ0v) is 13.7. The fourth-order valence-corrected chi connectivity index (χ4v) is 3.14. The van der Waals surface area contributed by atoms with E-state index in [1.807, 2.05) is 43.3 Å². The van der Waals surface area contributed by atoms with Gasteiger partial charge in [-0.05, 0) is 42.7 Å². The van der Waals surface area contributed by atoms with Crippen molar-refractivity contribution in [2.75, 3.05) is 11.9 Å². The predicted octanol–water partition coefficient (Wildman–Crippen LogP) is 3.29. The first-order chi connectivity index (χ1) is 12.1. The van der Waals surface area contributed by atoms with Gasteiger partial charge >= 0.3 is 5.63 Å². The molecule has 0 unspecified atom stereocenters. The lowest BCUT2D eigenvalue weighted by Crippen LogP contribution is -2.32. The number of anilines is 1. The third kappa shape index (κ3) is 3.01. The van der Waals surface area contributed by atoms with Gasteiger partial charge in [0.25, 0.3) is 0 Å². The summed E-state index contributed by atoms with van der Waals surface area (Å²) in [5, 5.41) is 3.75. The molecule has 0 saturated carbocycles. The van der Waals surface area contributed by atoms with Crippen LogP contribution < -0.4 is 15.7 Å². The number of carbonyl (C=O) groups is 1. The van der Waals surface area contributed by atoms with Gasteiger partial charge in [0.2, 0.25) is 5.91 Å². The Labute approximate surface area is 144 Å². The van der Waals surface area contributed by atoms with Crippen LogP contribution in [0.3, 0.4) is 0 Å². The third-order valence-electron chi connectivity index (χ3n) is 4.47. The molecule has 1 atom stereocenters. The number of rotatable bonds is 2. The molecule has 5 heteroatoms. The number of hydrogen-bond donors (Lipinski definition) is 1. The van der Waals surface area contributed by atoms with Gasteiger partial charge in [-0.25, -0.2) is 4.79 Å². The number of ether oxygens (including phenoxy) is 1. The molecule has 1 N–H and O–H groups in total. The van der Waals surface area contributed by atoms with Crippen molar-refractivity contribution in [3.05, 3.63) is 70.1 Å². The number of fused-ring (bicyclic) bond motifs is 2. The van der Waals surface area contributed by atoms with Gasteiger partial charge in [0.15, 0.2) is 0 Å². The molecule has 0 saturated heterocycles. The highest BCUT2D eigenvalue weighted by atomic mass is 16.5. The zero-order valence-electron chi connectivity index (χ0n) is 13.7. The smallest absolute Gasteiger partial charge is 0.336 e. The highest BCUT2D eigenvalue weighted by Gasteiger charge is 2.25. The number of amides is 1. The van der Waals surface area contributed by atoms with Crippen LogP contribution in [0.25, 0.3) is 11.0 Å². The second-order valence-electron chi connectivity index (χ2n) is 6.27. The molecule has 2 heterocycles. The maximum Gasteiger partial charge on any atom is 0.336 e. The van der Waals surface area contributed by atoms with Gasteiger partial charge in [-0.3, -0.25) is 4.79 Å². The van der Waals surface area contributed by atoms with E-state index in [9.17, 15) is 9.59 Å². The van der Waals surface area contributed by atoms with Gasteiger partial charge in [0.05, 0.1) is 5.92 Å². The van der Waals surface area contributed by atoms with Crippen molar-refractivity contribution in [3.63, 3.8) is 0 Å².